The zero-order chi connectivity index (χ0) is 18.1. The van der Waals surface area contributed by atoms with Crippen molar-refractivity contribution in [2.45, 2.75) is 30.9 Å². The third-order valence-corrected chi connectivity index (χ3v) is 5.95. The average molecular weight is 362 g/mol. The van der Waals surface area contributed by atoms with Gasteiger partial charge >= 0.3 is 6.09 Å². The Morgan fingerprint density at radius 2 is 2.08 bits per heavy atom. The first kappa shape index (κ1) is 17.7. The molecule has 1 aromatic rings. The number of hydrogen-bond acceptors (Lipinski definition) is 5. The van der Waals surface area contributed by atoms with Crippen LogP contribution in [-0.2, 0) is 4.74 Å². The number of amides is 1. The molecule has 6 nitrogen and oxygen atoms in total. The fourth-order valence-corrected chi connectivity index (χ4v) is 4.52. The normalized spacial score (nSPS) is 32.8. The summed E-state index contributed by atoms with van der Waals surface area (Å²) >= 11 is 0. The van der Waals surface area contributed by atoms with Gasteiger partial charge in [-0.15, -0.1) is 0 Å². The van der Waals surface area contributed by atoms with E-state index >= 15 is 0 Å². The van der Waals surface area contributed by atoms with Crippen molar-refractivity contribution >= 4 is 6.09 Å². The SMILES string of the molecule is CN1CC2(CCCN(CC3CNNC3c3ccc(F)cc3)CC2)OC1=O. The second kappa shape index (κ2) is 7.13. The molecule has 3 unspecified atom stereocenters. The van der Waals surface area contributed by atoms with Crippen LogP contribution in [0.1, 0.15) is 30.9 Å². The van der Waals surface area contributed by atoms with Crippen molar-refractivity contribution in [3.8, 4) is 0 Å². The molecule has 0 aliphatic carbocycles. The lowest BCUT2D eigenvalue weighted by Gasteiger charge is -2.28. The van der Waals surface area contributed by atoms with Crippen molar-refractivity contribution in [1.82, 2.24) is 20.7 Å². The van der Waals surface area contributed by atoms with Crippen LogP contribution in [0.2, 0.25) is 0 Å². The maximum absolute atomic E-state index is 13.2. The Labute approximate surface area is 153 Å². The first-order chi connectivity index (χ1) is 12.5. The van der Waals surface area contributed by atoms with Gasteiger partial charge in [0.25, 0.3) is 0 Å². The second-order valence-corrected chi connectivity index (χ2v) is 7.88. The first-order valence-corrected chi connectivity index (χ1v) is 9.45. The molecule has 4 rings (SSSR count). The number of hydrazine groups is 1. The number of carbonyl (C=O) groups excluding carboxylic acids is 1. The molecule has 3 heterocycles. The van der Waals surface area contributed by atoms with Gasteiger partial charge in [-0.3, -0.25) is 5.43 Å². The standard InChI is InChI=1S/C19H27FN4O2/c1-23-13-19(26-18(23)25)7-2-9-24(10-8-19)12-15-11-21-22-17(15)14-3-5-16(20)6-4-14/h3-6,15,17,21-22H,2,7-13H2,1H3. The molecule has 3 atom stereocenters. The predicted molar refractivity (Wildman–Crippen MR) is 95.9 cm³/mol. The van der Waals surface area contributed by atoms with Crippen LogP contribution in [-0.4, -0.2) is 61.3 Å². The van der Waals surface area contributed by atoms with Crippen molar-refractivity contribution in [1.29, 1.82) is 0 Å². The minimum Gasteiger partial charge on any atom is -0.441 e. The number of rotatable bonds is 3. The lowest BCUT2D eigenvalue weighted by Crippen LogP contribution is -2.37. The van der Waals surface area contributed by atoms with E-state index in [1.807, 2.05) is 19.2 Å². The van der Waals surface area contributed by atoms with Gasteiger partial charge in [0.05, 0.1) is 12.6 Å². The Balaban J connectivity index is 1.38. The summed E-state index contributed by atoms with van der Waals surface area (Å²) in [6.07, 6.45) is 2.66. The van der Waals surface area contributed by atoms with Crippen LogP contribution in [0, 0.1) is 11.7 Å². The predicted octanol–water partition coefficient (Wildman–Crippen LogP) is 1.90. The highest BCUT2D eigenvalue weighted by molar-refractivity contribution is 5.70. The molecule has 0 saturated carbocycles. The van der Waals surface area contributed by atoms with Crippen LogP contribution < -0.4 is 10.9 Å². The Hall–Kier alpha value is -1.70. The van der Waals surface area contributed by atoms with Crippen LogP contribution in [0.15, 0.2) is 24.3 Å². The summed E-state index contributed by atoms with van der Waals surface area (Å²) in [6.45, 7) is 4.52. The lowest BCUT2D eigenvalue weighted by atomic mass is 9.94. The molecule has 7 heteroatoms. The molecule has 3 aliphatic rings. The van der Waals surface area contributed by atoms with Crippen molar-refractivity contribution in [2.75, 3.05) is 39.8 Å². The Morgan fingerprint density at radius 1 is 1.27 bits per heavy atom. The summed E-state index contributed by atoms with van der Waals surface area (Å²) in [5.74, 6) is 0.216. The quantitative estimate of drug-likeness (QED) is 0.860. The maximum Gasteiger partial charge on any atom is 0.410 e. The number of benzene rings is 1. The molecule has 2 N–H and O–H groups in total. The number of nitrogens with one attached hydrogen (secondary N) is 2. The average Bonchev–Trinajstić information content (AvgIpc) is 3.12. The molecular weight excluding hydrogens is 335 g/mol. The molecule has 1 amide bonds. The van der Waals surface area contributed by atoms with Crippen molar-refractivity contribution in [3.05, 3.63) is 35.6 Å². The fraction of sp³-hybridized carbons (Fsp3) is 0.632. The summed E-state index contributed by atoms with van der Waals surface area (Å²) in [4.78, 5) is 16.0. The van der Waals surface area contributed by atoms with Gasteiger partial charge in [-0.25, -0.2) is 14.6 Å². The zero-order valence-corrected chi connectivity index (χ0v) is 15.2. The lowest BCUT2D eigenvalue weighted by molar-refractivity contribution is 0.0441. The van der Waals surface area contributed by atoms with Crippen LogP contribution in [0.3, 0.4) is 0 Å². The molecule has 0 radical (unpaired) electrons. The van der Waals surface area contributed by atoms with Crippen molar-refractivity contribution in [3.63, 3.8) is 0 Å². The molecule has 0 bridgehead atoms. The van der Waals surface area contributed by atoms with Gasteiger partial charge in [-0.1, -0.05) is 12.1 Å². The van der Waals surface area contributed by atoms with Crippen LogP contribution in [0.4, 0.5) is 9.18 Å². The Bertz CT molecular complexity index is 655. The zero-order valence-electron chi connectivity index (χ0n) is 15.2. The topological polar surface area (TPSA) is 56.8 Å². The van der Waals surface area contributed by atoms with Gasteiger partial charge in [-0.2, -0.15) is 0 Å². The Morgan fingerprint density at radius 3 is 2.81 bits per heavy atom. The second-order valence-electron chi connectivity index (χ2n) is 7.88. The molecular formula is C19H27FN4O2. The number of hydrogen-bond donors (Lipinski definition) is 2. The van der Waals surface area contributed by atoms with Gasteiger partial charge in [0.15, 0.2) is 0 Å². The van der Waals surface area contributed by atoms with Gasteiger partial charge in [0.1, 0.15) is 11.4 Å². The molecule has 1 aromatic carbocycles. The van der Waals surface area contributed by atoms with E-state index in [1.54, 1.807) is 4.90 Å². The summed E-state index contributed by atoms with van der Waals surface area (Å²) in [5.41, 5.74) is 7.39. The Kier molecular flexibility index (Phi) is 4.86. The first-order valence-electron chi connectivity index (χ1n) is 9.45. The van der Waals surface area contributed by atoms with Gasteiger partial charge in [-0.05, 0) is 37.1 Å². The monoisotopic (exact) mass is 362 g/mol. The van der Waals surface area contributed by atoms with Crippen LogP contribution in [0.5, 0.6) is 0 Å². The van der Waals surface area contributed by atoms with Crippen LogP contribution >= 0.6 is 0 Å². The highest BCUT2D eigenvalue weighted by Crippen LogP contribution is 2.33. The molecule has 3 aliphatic heterocycles. The van der Waals surface area contributed by atoms with E-state index in [4.69, 9.17) is 4.74 Å². The number of ether oxygens (including phenoxy) is 1. The largest absolute Gasteiger partial charge is 0.441 e. The number of halogens is 1. The molecule has 3 fully saturated rings. The van der Waals surface area contributed by atoms with Gasteiger partial charge < -0.3 is 14.5 Å². The third kappa shape index (κ3) is 3.56. The van der Waals surface area contributed by atoms with Crippen LogP contribution in [0.25, 0.3) is 0 Å². The summed E-state index contributed by atoms with van der Waals surface area (Å²) < 4.78 is 18.9. The molecule has 1 spiro atoms. The fourth-order valence-electron chi connectivity index (χ4n) is 4.52. The molecule has 3 saturated heterocycles. The van der Waals surface area contributed by atoms with E-state index < -0.39 is 0 Å². The minimum atomic E-state index is -0.302. The summed E-state index contributed by atoms with van der Waals surface area (Å²) in [5, 5.41) is 0. The highest BCUT2D eigenvalue weighted by atomic mass is 19.1. The van der Waals surface area contributed by atoms with Crippen molar-refractivity contribution in [2.24, 2.45) is 5.92 Å². The van der Waals surface area contributed by atoms with E-state index in [1.165, 1.54) is 12.1 Å². The molecule has 0 aromatic heterocycles. The van der Waals surface area contributed by atoms with E-state index in [-0.39, 0.29) is 23.6 Å². The van der Waals surface area contributed by atoms with Gasteiger partial charge in [0.2, 0.25) is 0 Å². The summed E-state index contributed by atoms with van der Waals surface area (Å²) in [7, 11) is 1.81. The van der Waals surface area contributed by atoms with Gasteiger partial charge in [0, 0.05) is 39.0 Å². The van der Waals surface area contributed by atoms with Crippen molar-refractivity contribution < 1.29 is 13.9 Å². The third-order valence-electron chi connectivity index (χ3n) is 5.95. The summed E-state index contributed by atoms with van der Waals surface area (Å²) in [6, 6.07) is 6.94. The van der Waals surface area contributed by atoms with E-state index in [0.29, 0.717) is 12.5 Å². The molecule has 26 heavy (non-hydrogen) atoms. The van der Waals surface area contributed by atoms with E-state index in [0.717, 1.165) is 51.0 Å². The minimum absolute atomic E-state index is 0.184. The maximum atomic E-state index is 13.2. The van der Waals surface area contributed by atoms with E-state index in [9.17, 15) is 9.18 Å². The number of likely N-dealkylation sites (N-methyl/N-ethyl adjacent to an activating group) is 1. The molecule has 142 valence electrons. The number of likely N-dealkylation sites (tertiary alicyclic amines) is 1. The van der Waals surface area contributed by atoms with E-state index in [2.05, 4.69) is 15.8 Å². The number of carbonyl (C=O) groups is 1. The number of nitrogens with zero attached hydrogens (tertiary/aromatic N) is 2. The highest BCUT2D eigenvalue weighted by Gasteiger charge is 2.44. The smallest absolute Gasteiger partial charge is 0.410 e.